The molecule has 3 heteroatoms. The van der Waals surface area contributed by atoms with Crippen LogP contribution in [-0.4, -0.2) is 35.4 Å². The van der Waals surface area contributed by atoms with E-state index < -0.39 is 6.23 Å². The number of likely N-dealkylation sites (tertiary alicyclic amines) is 1. The third kappa shape index (κ3) is 2.43. The Morgan fingerprint density at radius 1 is 1.73 bits per heavy atom. The molecule has 0 aromatic heterocycles. The third-order valence-corrected chi connectivity index (χ3v) is 2.18. The predicted molar refractivity (Wildman–Crippen MR) is 41.6 cm³/mol. The minimum atomic E-state index is -0.607. The van der Waals surface area contributed by atoms with Crippen LogP contribution in [0.4, 0.5) is 0 Å². The summed E-state index contributed by atoms with van der Waals surface area (Å²) in [5, 5.41) is 20.5. The van der Waals surface area contributed by atoms with Gasteiger partial charge in [0.25, 0.3) is 0 Å². The van der Waals surface area contributed by atoms with Gasteiger partial charge in [-0.1, -0.05) is 6.92 Å². The minimum absolute atomic E-state index is 0.272. The second-order valence-electron chi connectivity index (χ2n) is 3.15. The smallest absolute Gasteiger partial charge is 0.146 e. The Labute approximate surface area is 67.6 Å². The number of aliphatic hydroxyl groups excluding tert-OH is 1. The van der Waals surface area contributed by atoms with Crippen molar-refractivity contribution in [3.63, 3.8) is 0 Å². The van der Waals surface area contributed by atoms with E-state index in [0.717, 1.165) is 19.4 Å². The number of piperidine rings is 1. The van der Waals surface area contributed by atoms with E-state index >= 15 is 0 Å². The molecule has 0 amide bonds. The van der Waals surface area contributed by atoms with Gasteiger partial charge in [-0.05, 0) is 19.3 Å². The number of aliphatic hydroxyl groups is 1. The van der Waals surface area contributed by atoms with Gasteiger partial charge >= 0.3 is 0 Å². The lowest BCUT2D eigenvalue weighted by Crippen LogP contribution is -2.43. The fraction of sp³-hybridized carbons (Fsp3) is 1.00. The van der Waals surface area contributed by atoms with Gasteiger partial charge in [0.1, 0.15) is 6.23 Å². The average molecular weight is 158 g/mol. The molecule has 0 aromatic carbocycles. The first-order valence-electron chi connectivity index (χ1n) is 4.32. The fourth-order valence-corrected chi connectivity index (χ4v) is 1.50. The van der Waals surface area contributed by atoms with Crippen molar-refractivity contribution in [3.8, 4) is 0 Å². The van der Waals surface area contributed by atoms with Gasteiger partial charge in [0, 0.05) is 13.1 Å². The normalized spacial score (nSPS) is 30.3. The summed E-state index contributed by atoms with van der Waals surface area (Å²) < 4.78 is 0. The van der Waals surface area contributed by atoms with E-state index in [4.69, 9.17) is 0 Å². The van der Waals surface area contributed by atoms with Gasteiger partial charge in [-0.2, -0.15) is 0 Å². The molecule has 1 radical (unpaired) electrons. The van der Waals surface area contributed by atoms with Crippen molar-refractivity contribution < 1.29 is 10.2 Å². The number of nitrogens with zero attached hydrogens (tertiary/aromatic N) is 1. The van der Waals surface area contributed by atoms with Gasteiger partial charge in [0.05, 0.1) is 6.10 Å². The number of rotatable bonds is 2. The minimum Gasteiger partial charge on any atom is -0.392 e. The molecule has 65 valence electrons. The van der Waals surface area contributed by atoms with E-state index in [9.17, 15) is 10.2 Å². The van der Waals surface area contributed by atoms with Crippen molar-refractivity contribution in [1.29, 1.82) is 0 Å². The number of hydrogen-bond acceptors (Lipinski definition) is 2. The standard InChI is InChI=1S/C8H16NO2/c1-2-8(11)9-5-3-4-7(10)6-9/h7-8,10H,2-6H2,1H3. The Morgan fingerprint density at radius 3 is 3.00 bits per heavy atom. The monoisotopic (exact) mass is 158 g/mol. The van der Waals surface area contributed by atoms with E-state index in [0.29, 0.717) is 13.0 Å². The first kappa shape index (κ1) is 8.97. The Hall–Kier alpha value is -0.120. The maximum absolute atomic E-state index is 11.2. The largest absolute Gasteiger partial charge is 0.392 e. The Balaban J connectivity index is 2.33. The molecule has 1 rings (SSSR count). The van der Waals surface area contributed by atoms with Crippen LogP contribution in [0.15, 0.2) is 0 Å². The van der Waals surface area contributed by atoms with Crippen LogP contribution in [0.1, 0.15) is 26.2 Å². The average Bonchev–Trinajstić information content (AvgIpc) is 2.03. The maximum Gasteiger partial charge on any atom is 0.146 e. The molecule has 11 heavy (non-hydrogen) atoms. The molecule has 1 heterocycles. The molecule has 3 nitrogen and oxygen atoms in total. The SMILES string of the molecule is CCC([O])N1CCCC(O)C1. The summed E-state index contributed by atoms with van der Waals surface area (Å²) >= 11 is 0. The summed E-state index contributed by atoms with van der Waals surface area (Å²) in [5.41, 5.74) is 0. The Bertz CT molecular complexity index is 119. The van der Waals surface area contributed by atoms with Crippen LogP contribution < -0.4 is 0 Å². The van der Waals surface area contributed by atoms with E-state index in [1.54, 1.807) is 0 Å². The first-order chi connectivity index (χ1) is 5.24. The summed E-state index contributed by atoms with van der Waals surface area (Å²) in [6, 6.07) is 0. The molecule has 1 aliphatic heterocycles. The second kappa shape index (κ2) is 4.04. The van der Waals surface area contributed by atoms with Crippen LogP contribution >= 0.6 is 0 Å². The summed E-state index contributed by atoms with van der Waals surface area (Å²) in [4.78, 5) is 1.83. The lowest BCUT2D eigenvalue weighted by atomic mass is 10.1. The van der Waals surface area contributed by atoms with Crippen LogP contribution in [0.5, 0.6) is 0 Å². The van der Waals surface area contributed by atoms with Crippen molar-refractivity contribution in [1.82, 2.24) is 4.90 Å². The molecule has 0 aromatic rings. The van der Waals surface area contributed by atoms with Gasteiger partial charge < -0.3 is 5.11 Å². The van der Waals surface area contributed by atoms with E-state index in [1.165, 1.54) is 0 Å². The van der Waals surface area contributed by atoms with Gasteiger partial charge in [-0.3, -0.25) is 4.90 Å². The predicted octanol–water partition coefficient (Wildman–Crippen LogP) is 0.610. The molecule has 1 fully saturated rings. The van der Waals surface area contributed by atoms with Crippen LogP contribution in [0.2, 0.25) is 0 Å². The highest BCUT2D eigenvalue weighted by atomic mass is 16.3. The summed E-state index contributed by atoms with van der Waals surface area (Å²) in [7, 11) is 0. The van der Waals surface area contributed by atoms with Crippen molar-refractivity contribution >= 4 is 0 Å². The Kier molecular flexibility index (Phi) is 3.30. The molecule has 2 atom stereocenters. The van der Waals surface area contributed by atoms with Gasteiger partial charge in [-0.25, -0.2) is 5.11 Å². The summed E-state index contributed by atoms with van der Waals surface area (Å²) in [6.07, 6.45) is 1.57. The highest BCUT2D eigenvalue weighted by Gasteiger charge is 2.22. The van der Waals surface area contributed by atoms with E-state index in [2.05, 4.69) is 0 Å². The lowest BCUT2D eigenvalue weighted by Gasteiger charge is -2.32. The molecule has 0 aliphatic carbocycles. The van der Waals surface area contributed by atoms with Crippen LogP contribution in [0, 0.1) is 0 Å². The fourth-order valence-electron chi connectivity index (χ4n) is 1.50. The van der Waals surface area contributed by atoms with Gasteiger partial charge in [0.15, 0.2) is 0 Å². The molecule has 0 bridgehead atoms. The zero-order chi connectivity index (χ0) is 8.27. The highest BCUT2D eigenvalue weighted by molar-refractivity contribution is 4.72. The first-order valence-corrected chi connectivity index (χ1v) is 4.32. The van der Waals surface area contributed by atoms with Gasteiger partial charge in [-0.15, -0.1) is 0 Å². The van der Waals surface area contributed by atoms with Crippen LogP contribution in [0.25, 0.3) is 0 Å². The van der Waals surface area contributed by atoms with E-state index in [-0.39, 0.29) is 6.10 Å². The lowest BCUT2D eigenvalue weighted by molar-refractivity contribution is -0.0817. The third-order valence-electron chi connectivity index (χ3n) is 2.18. The highest BCUT2D eigenvalue weighted by Crippen LogP contribution is 2.13. The molecular weight excluding hydrogens is 142 g/mol. The quantitative estimate of drug-likeness (QED) is 0.640. The van der Waals surface area contributed by atoms with Crippen molar-refractivity contribution in [3.05, 3.63) is 0 Å². The topological polar surface area (TPSA) is 43.4 Å². The molecule has 2 unspecified atom stereocenters. The molecule has 1 N–H and O–H groups in total. The molecule has 0 saturated carbocycles. The molecule has 0 spiro atoms. The molecular formula is C8H16NO2. The summed E-state index contributed by atoms with van der Waals surface area (Å²) in [6.45, 7) is 3.32. The van der Waals surface area contributed by atoms with Crippen molar-refractivity contribution in [2.75, 3.05) is 13.1 Å². The summed E-state index contributed by atoms with van der Waals surface area (Å²) in [5.74, 6) is 0. The molecule has 1 saturated heterocycles. The van der Waals surface area contributed by atoms with E-state index in [1.807, 2.05) is 11.8 Å². The number of hydrogen-bond donors (Lipinski definition) is 1. The van der Waals surface area contributed by atoms with Crippen LogP contribution in [-0.2, 0) is 5.11 Å². The number of β-amino-alcohol motifs (C(OH)–C–C–N with tert-alkyl or cyclic N) is 1. The second-order valence-corrected chi connectivity index (χ2v) is 3.15. The zero-order valence-electron chi connectivity index (χ0n) is 6.99. The van der Waals surface area contributed by atoms with Crippen molar-refractivity contribution in [2.45, 2.75) is 38.5 Å². The van der Waals surface area contributed by atoms with Gasteiger partial charge in [0.2, 0.25) is 0 Å². The van der Waals surface area contributed by atoms with Crippen LogP contribution in [0.3, 0.4) is 0 Å². The maximum atomic E-state index is 11.2. The Morgan fingerprint density at radius 2 is 2.45 bits per heavy atom. The van der Waals surface area contributed by atoms with Crippen molar-refractivity contribution in [2.24, 2.45) is 0 Å². The zero-order valence-corrected chi connectivity index (χ0v) is 6.99. The molecule has 1 aliphatic rings.